The van der Waals surface area contributed by atoms with E-state index in [1.807, 2.05) is 4.90 Å². The van der Waals surface area contributed by atoms with E-state index in [0.717, 1.165) is 13.1 Å². The van der Waals surface area contributed by atoms with Crippen LogP contribution in [0.15, 0.2) is 6.20 Å². The number of hydrogen-bond acceptors (Lipinski definition) is 3. The minimum absolute atomic E-state index is 0.0339. The number of nitrogen functional groups attached to an aromatic ring is 1. The van der Waals surface area contributed by atoms with Crippen molar-refractivity contribution in [1.29, 1.82) is 0 Å². The number of rotatable bonds is 1. The summed E-state index contributed by atoms with van der Waals surface area (Å²) < 4.78 is 0. The minimum atomic E-state index is -0.0339. The highest BCUT2D eigenvalue weighted by Crippen LogP contribution is 2.23. The van der Waals surface area contributed by atoms with Crippen LogP contribution in [0.5, 0.6) is 0 Å². The standard InChI is InChI=1S/C11H18N4O/c1-7-3-8(2)6-15(5-7)11(16)10-9(12)4-13-14-10/h4,7-8H,3,5-6,12H2,1-2H3,(H,13,14). The highest BCUT2D eigenvalue weighted by molar-refractivity contribution is 5.97. The number of amides is 1. The van der Waals surface area contributed by atoms with Crippen LogP contribution < -0.4 is 5.73 Å². The molecule has 0 aromatic carbocycles. The van der Waals surface area contributed by atoms with Crippen molar-refractivity contribution in [3.63, 3.8) is 0 Å². The second-order valence-electron chi connectivity index (χ2n) is 4.86. The van der Waals surface area contributed by atoms with Crippen molar-refractivity contribution in [1.82, 2.24) is 15.1 Å². The maximum atomic E-state index is 12.1. The summed E-state index contributed by atoms with van der Waals surface area (Å²) >= 11 is 0. The Labute approximate surface area is 95.0 Å². The first-order valence-corrected chi connectivity index (χ1v) is 5.66. The molecule has 1 aromatic heterocycles. The monoisotopic (exact) mass is 222 g/mol. The van der Waals surface area contributed by atoms with Gasteiger partial charge >= 0.3 is 0 Å². The lowest BCUT2D eigenvalue weighted by Gasteiger charge is -2.34. The largest absolute Gasteiger partial charge is 0.396 e. The van der Waals surface area contributed by atoms with Gasteiger partial charge in [-0.05, 0) is 18.3 Å². The predicted molar refractivity (Wildman–Crippen MR) is 61.8 cm³/mol. The molecule has 0 spiro atoms. The van der Waals surface area contributed by atoms with Crippen LogP contribution >= 0.6 is 0 Å². The summed E-state index contributed by atoms with van der Waals surface area (Å²) in [6, 6.07) is 0. The van der Waals surface area contributed by atoms with Crippen LogP contribution in [0.2, 0.25) is 0 Å². The summed E-state index contributed by atoms with van der Waals surface area (Å²) in [6.45, 7) is 5.96. The van der Waals surface area contributed by atoms with E-state index in [9.17, 15) is 4.79 Å². The predicted octanol–water partition coefficient (Wildman–Crippen LogP) is 1.11. The summed E-state index contributed by atoms with van der Waals surface area (Å²) in [6.07, 6.45) is 2.66. The Morgan fingerprint density at radius 3 is 2.62 bits per heavy atom. The summed E-state index contributed by atoms with van der Waals surface area (Å²) in [5.41, 5.74) is 6.52. The molecule has 16 heavy (non-hydrogen) atoms. The average molecular weight is 222 g/mol. The number of nitrogens with zero attached hydrogens (tertiary/aromatic N) is 2. The number of aromatic nitrogens is 2. The SMILES string of the molecule is CC1CC(C)CN(C(=O)c2[nH]ncc2N)C1. The van der Waals surface area contributed by atoms with E-state index in [4.69, 9.17) is 5.73 Å². The minimum Gasteiger partial charge on any atom is -0.396 e. The van der Waals surface area contributed by atoms with Crippen LogP contribution in [0.1, 0.15) is 30.8 Å². The van der Waals surface area contributed by atoms with E-state index in [2.05, 4.69) is 24.0 Å². The van der Waals surface area contributed by atoms with Gasteiger partial charge in [-0.1, -0.05) is 13.8 Å². The first kappa shape index (κ1) is 11.0. The van der Waals surface area contributed by atoms with Gasteiger partial charge in [0, 0.05) is 13.1 Å². The van der Waals surface area contributed by atoms with Crippen molar-refractivity contribution in [2.45, 2.75) is 20.3 Å². The lowest BCUT2D eigenvalue weighted by atomic mass is 9.92. The molecule has 0 aliphatic carbocycles. The van der Waals surface area contributed by atoms with Crippen LogP contribution in [-0.4, -0.2) is 34.1 Å². The quantitative estimate of drug-likeness (QED) is 0.747. The van der Waals surface area contributed by atoms with E-state index in [1.54, 1.807) is 0 Å². The number of likely N-dealkylation sites (tertiary alicyclic amines) is 1. The molecule has 1 aliphatic heterocycles. The third kappa shape index (κ3) is 2.03. The summed E-state index contributed by atoms with van der Waals surface area (Å²) in [7, 11) is 0. The van der Waals surface area contributed by atoms with E-state index < -0.39 is 0 Å². The Hall–Kier alpha value is -1.52. The normalized spacial score (nSPS) is 25.8. The topological polar surface area (TPSA) is 75.0 Å². The molecule has 3 N–H and O–H groups in total. The van der Waals surface area contributed by atoms with E-state index in [-0.39, 0.29) is 5.91 Å². The Balaban J connectivity index is 2.13. The molecule has 2 heterocycles. The van der Waals surface area contributed by atoms with Crippen molar-refractivity contribution >= 4 is 11.6 Å². The van der Waals surface area contributed by atoms with Crippen LogP contribution in [0.3, 0.4) is 0 Å². The van der Waals surface area contributed by atoms with Crippen molar-refractivity contribution < 1.29 is 4.79 Å². The number of nitrogens with two attached hydrogens (primary N) is 1. The molecule has 5 heteroatoms. The molecule has 0 saturated carbocycles. The zero-order valence-electron chi connectivity index (χ0n) is 9.73. The number of nitrogens with one attached hydrogen (secondary N) is 1. The third-order valence-corrected chi connectivity index (χ3v) is 3.04. The van der Waals surface area contributed by atoms with Crippen molar-refractivity contribution in [2.24, 2.45) is 11.8 Å². The van der Waals surface area contributed by atoms with Crippen molar-refractivity contribution in [3.8, 4) is 0 Å². The first-order chi connectivity index (χ1) is 7.58. The van der Waals surface area contributed by atoms with Crippen LogP contribution in [0.25, 0.3) is 0 Å². The molecule has 1 saturated heterocycles. The lowest BCUT2D eigenvalue weighted by molar-refractivity contribution is 0.0618. The number of carbonyl (C=O) groups excluding carboxylic acids is 1. The molecule has 2 rings (SSSR count). The molecule has 1 aromatic rings. The Kier molecular flexibility index (Phi) is 2.85. The van der Waals surface area contributed by atoms with Crippen molar-refractivity contribution in [2.75, 3.05) is 18.8 Å². The average Bonchev–Trinajstić information content (AvgIpc) is 2.62. The Morgan fingerprint density at radius 2 is 2.12 bits per heavy atom. The molecule has 1 fully saturated rings. The van der Waals surface area contributed by atoms with Gasteiger partial charge in [-0.15, -0.1) is 0 Å². The van der Waals surface area contributed by atoms with E-state index in [0.29, 0.717) is 23.2 Å². The van der Waals surface area contributed by atoms with Crippen LogP contribution in [-0.2, 0) is 0 Å². The number of anilines is 1. The van der Waals surface area contributed by atoms with Gasteiger partial charge in [-0.2, -0.15) is 5.10 Å². The number of hydrogen-bond donors (Lipinski definition) is 2. The fourth-order valence-corrected chi connectivity index (χ4v) is 2.45. The molecule has 0 radical (unpaired) electrons. The van der Waals surface area contributed by atoms with Gasteiger partial charge in [-0.3, -0.25) is 9.89 Å². The van der Waals surface area contributed by atoms with Crippen LogP contribution in [0, 0.1) is 11.8 Å². The van der Waals surface area contributed by atoms with Gasteiger partial charge in [0.1, 0.15) is 5.69 Å². The Bertz CT molecular complexity index is 377. The number of H-pyrrole nitrogens is 1. The Morgan fingerprint density at radius 1 is 1.50 bits per heavy atom. The highest BCUT2D eigenvalue weighted by Gasteiger charge is 2.27. The lowest BCUT2D eigenvalue weighted by Crippen LogP contribution is -2.42. The number of aromatic amines is 1. The molecular formula is C11H18N4O. The van der Waals surface area contributed by atoms with E-state index in [1.165, 1.54) is 12.6 Å². The fraction of sp³-hybridized carbons (Fsp3) is 0.636. The van der Waals surface area contributed by atoms with Gasteiger partial charge in [-0.25, -0.2) is 0 Å². The highest BCUT2D eigenvalue weighted by atomic mass is 16.2. The number of carbonyl (C=O) groups is 1. The second kappa shape index (κ2) is 4.15. The molecule has 2 unspecified atom stereocenters. The molecule has 88 valence electrons. The molecule has 2 atom stereocenters. The zero-order chi connectivity index (χ0) is 11.7. The summed E-state index contributed by atoms with van der Waals surface area (Å²) in [5.74, 6) is 1.07. The van der Waals surface area contributed by atoms with Gasteiger partial charge in [0.2, 0.25) is 0 Å². The third-order valence-electron chi connectivity index (χ3n) is 3.04. The second-order valence-corrected chi connectivity index (χ2v) is 4.86. The fourth-order valence-electron chi connectivity index (χ4n) is 2.45. The number of piperidine rings is 1. The maximum Gasteiger partial charge on any atom is 0.274 e. The summed E-state index contributed by atoms with van der Waals surface area (Å²) in [5, 5.41) is 6.44. The molecule has 1 amide bonds. The summed E-state index contributed by atoms with van der Waals surface area (Å²) in [4.78, 5) is 14.0. The van der Waals surface area contributed by atoms with Gasteiger partial charge in [0.25, 0.3) is 5.91 Å². The van der Waals surface area contributed by atoms with Crippen molar-refractivity contribution in [3.05, 3.63) is 11.9 Å². The molecule has 5 nitrogen and oxygen atoms in total. The zero-order valence-corrected chi connectivity index (χ0v) is 9.73. The molecule has 0 bridgehead atoms. The van der Waals surface area contributed by atoms with E-state index >= 15 is 0 Å². The van der Waals surface area contributed by atoms with Gasteiger partial charge in [0.05, 0.1) is 11.9 Å². The molecular weight excluding hydrogens is 204 g/mol. The van der Waals surface area contributed by atoms with Crippen LogP contribution in [0.4, 0.5) is 5.69 Å². The molecule has 1 aliphatic rings. The maximum absolute atomic E-state index is 12.1. The smallest absolute Gasteiger partial charge is 0.274 e. The van der Waals surface area contributed by atoms with Gasteiger partial charge < -0.3 is 10.6 Å². The van der Waals surface area contributed by atoms with Gasteiger partial charge in [0.15, 0.2) is 0 Å². The first-order valence-electron chi connectivity index (χ1n) is 5.66.